The molecule has 4 aromatic rings. The SMILES string of the molecule is COc1ccccc1Oc1ccc(NC(=O)c2ccc3ncccc3c2)cc1. The second-order valence-electron chi connectivity index (χ2n) is 6.14. The molecule has 0 aliphatic carbocycles. The number of carbonyl (C=O) groups is 1. The van der Waals surface area contributed by atoms with Crippen LogP contribution in [-0.4, -0.2) is 18.0 Å². The van der Waals surface area contributed by atoms with Gasteiger partial charge < -0.3 is 14.8 Å². The zero-order valence-electron chi connectivity index (χ0n) is 15.3. The van der Waals surface area contributed by atoms with Gasteiger partial charge in [-0.25, -0.2) is 0 Å². The van der Waals surface area contributed by atoms with Crippen molar-refractivity contribution in [1.29, 1.82) is 0 Å². The van der Waals surface area contributed by atoms with Crippen molar-refractivity contribution >= 4 is 22.5 Å². The highest BCUT2D eigenvalue weighted by Crippen LogP contribution is 2.31. The van der Waals surface area contributed by atoms with Gasteiger partial charge in [0.15, 0.2) is 11.5 Å². The highest BCUT2D eigenvalue weighted by Gasteiger charge is 2.08. The second kappa shape index (κ2) is 7.80. The Labute approximate surface area is 162 Å². The molecule has 0 spiro atoms. The van der Waals surface area contributed by atoms with Gasteiger partial charge in [-0.3, -0.25) is 9.78 Å². The first-order chi connectivity index (χ1) is 13.7. The van der Waals surface area contributed by atoms with E-state index in [-0.39, 0.29) is 5.91 Å². The van der Waals surface area contributed by atoms with E-state index in [4.69, 9.17) is 9.47 Å². The van der Waals surface area contributed by atoms with Crippen LogP contribution in [0.1, 0.15) is 10.4 Å². The largest absolute Gasteiger partial charge is 0.493 e. The Kier molecular flexibility index (Phi) is 4.89. The Morgan fingerprint density at radius 3 is 2.46 bits per heavy atom. The number of ether oxygens (including phenoxy) is 2. The number of nitrogens with one attached hydrogen (secondary N) is 1. The van der Waals surface area contributed by atoms with E-state index in [9.17, 15) is 4.79 Å². The lowest BCUT2D eigenvalue weighted by atomic mass is 10.1. The molecule has 0 radical (unpaired) electrons. The first-order valence-corrected chi connectivity index (χ1v) is 8.80. The molecule has 0 aliphatic rings. The zero-order chi connectivity index (χ0) is 19.3. The molecule has 0 aliphatic heterocycles. The molecule has 1 amide bonds. The standard InChI is InChI=1S/C23H18N2O3/c1-27-21-6-2-3-7-22(21)28-19-11-9-18(10-12-19)25-23(26)17-8-13-20-16(15-17)5-4-14-24-20/h2-15H,1H3,(H,25,26). The van der Waals surface area contributed by atoms with Crippen LogP contribution in [-0.2, 0) is 0 Å². The van der Waals surface area contributed by atoms with Gasteiger partial charge in [0.05, 0.1) is 12.6 Å². The van der Waals surface area contributed by atoms with Gasteiger partial charge in [0.1, 0.15) is 5.75 Å². The monoisotopic (exact) mass is 370 g/mol. The summed E-state index contributed by atoms with van der Waals surface area (Å²) in [4.78, 5) is 16.8. The summed E-state index contributed by atoms with van der Waals surface area (Å²) in [6.45, 7) is 0. The molecular formula is C23H18N2O3. The Balaban J connectivity index is 1.47. The van der Waals surface area contributed by atoms with Gasteiger partial charge in [-0.15, -0.1) is 0 Å². The van der Waals surface area contributed by atoms with Crippen molar-refractivity contribution in [1.82, 2.24) is 4.98 Å². The second-order valence-corrected chi connectivity index (χ2v) is 6.14. The Morgan fingerprint density at radius 2 is 1.68 bits per heavy atom. The summed E-state index contributed by atoms with van der Waals surface area (Å²) in [6.07, 6.45) is 1.73. The molecule has 1 heterocycles. The van der Waals surface area contributed by atoms with Gasteiger partial charge in [0.25, 0.3) is 5.91 Å². The molecule has 5 heteroatoms. The number of methoxy groups -OCH3 is 1. The third kappa shape index (κ3) is 3.78. The molecule has 28 heavy (non-hydrogen) atoms. The number of para-hydroxylation sites is 2. The van der Waals surface area contributed by atoms with Crippen LogP contribution in [0, 0.1) is 0 Å². The van der Waals surface area contributed by atoms with E-state index in [1.54, 1.807) is 43.6 Å². The molecule has 1 N–H and O–H groups in total. The summed E-state index contributed by atoms with van der Waals surface area (Å²) in [7, 11) is 1.60. The van der Waals surface area contributed by atoms with Crippen LogP contribution in [0.15, 0.2) is 85.1 Å². The predicted molar refractivity (Wildman–Crippen MR) is 109 cm³/mol. The molecule has 0 saturated heterocycles. The van der Waals surface area contributed by atoms with Crippen LogP contribution >= 0.6 is 0 Å². The highest BCUT2D eigenvalue weighted by molar-refractivity contribution is 6.06. The van der Waals surface area contributed by atoms with E-state index < -0.39 is 0 Å². The number of carbonyl (C=O) groups excluding carboxylic acids is 1. The van der Waals surface area contributed by atoms with Gasteiger partial charge >= 0.3 is 0 Å². The van der Waals surface area contributed by atoms with Crippen LogP contribution < -0.4 is 14.8 Å². The van der Waals surface area contributed by atoms with E-state index in [2.05, 4.69) is 10.3 Å². The average molecular weight is 370 g/mol. The number of nitrogens with zero attached hydrogens (tertiary/aromatic N) is 1. The van der Waals surface area contributed by atoms with Gasteiger partial charge in [-0.1, -0.05) is 18.2 Å². The number of rotatable bonds is 5. The van der Waals surface area contributed by atoms with Crippen LogP contribution in [0.3, 0.4) is 0 Å². The van der Waals surface area contributed by atoms with Gasteiger partial charge in [0, 0.05) is 22.8 Å². The van der Waals surface area contributed by atoms with Crippen molar-refractivity contribution in [2.45, 2.75) is 0 Å². The van der Waals surface area contributed by atoms with E-state index >= 15 is 0 Å². The maximum Gasteiger partial charge on any atom is 0.255 e. The number of fused-ring (bicyclic) bond motifs is 1. The van der Waals surface area contributed by atoms with Crippen molar-refractivity contribution in [3.8, 4) is 17.2 Å². The molecule has 0 unspecified atom stereocenters. The van der Waals surface area contributed by atoms with Gasteiger partial charge in [0.2, 0.25) is 0 Å². The van der Waals surface area contributed by atoms with Crippen LogP contribution in [0.5, 0.6) is 17.2 Å². The fourth-order valence-corrected chi connectivity index (χ4v) is 2.86. The Morgan fingerprint density at radius 1 is 0.893 bits per heavy atom. The highest BCUT2D eigenvalue weighted by atomic mass is 16.5. The molecule has 5 nitrogen and oxygen atoms in total. The molecule has 138 valence electrons. The Bertz CT molecular complexity index is 1120. The third-order valence-corrected chi connectivity index (χ3v) is 4.27. The summed E-state index contributed by atoms with van der Waals surface area (Å²) in [5, 5.41) is 3.82. The van der Waals surface area contributed by atoms with Gasteiger partial charge in [-0.05, 0) is 60.7 Å². The summed E-state index contributed by atoms with van der Waals surface area (Å²) >= 11 is 0. The van der Waals surface area contributed by atoms with E-state index in [0.717, 1.165) is 10.9 Å². The average Bonchev–Trinajstić information content (AvgIpc) is 2.75. The van der Waals surface area contributed by atoms with Crippen LogP contribution in [0.4, 0.5) is 5.69 Å². The van der Waals surface area contributed by atoms with Crippen molar-refractivity contribution in [3.05, 3.63) is 90.6 Å². The zero-order valence-corrected chi connectivity index (χ0v) is 15.3. The number of pyridine rings is 1. The molecule has 0 saturated carbocycles. The minimum atomic E-state index is -0.177. The summed E-state index contributed by atoms with van der Waals surface area (Å²) < 4.78 is 11.1. The minimum absolute atomic E-state index is 0.177. The summed E-state index contributed by atoms with van der Waals surface area (Å²) in [5.74, 6) is 1.76. The lowest BCUT2D eigenvalue weighted by Gasteiger charge is -2.11. The topological polar surface area (TPSA) is 60.5 Å². The molecule has 4 rings (SSSR count). The number of hydrogen-bond acceptors (Lipinski definition) is 4. The van der Waals surface area contributed by atoms with Crippen molar-refractivity contribution in [3.63, 3.8) is 0 Å². The summed E-state index contributed by atoms with van der Waals surface area (Å²) in [6, 6.07) is 23.8. The molecule has 3 aromatic carbocycles. The lowest BCUT2D eigenvalue weighted by Crippen LogP contribution is -2.11. The Hall–Kier alpha value is -3.86. The normalized spacial score (nSPS) is 10.5. The number of amides is 1. The van der Waals surface area contributed by atoms with E-state index in [1.165, 1.54) is 0 Å². The number of anilines is 1. The lowest BCUT2D eigenvalue weighted by molar-refractivity contribution is 0.102. The molecule has 0 fully saturated rings. The smallest absolute Gasteiger partial charge is 0.255 e. The molecule has 0 bridgehead atoms. The number of aromatic nitrogens is 1. The van der Waals surface area contributed by atoms with Crippen molar-refractivity contribution in [2.75, 3.05) is 12.4 Å². The predicted octanol–water partition coefficient (Wildman–Crippen LogP) is 5.29. The maximum absolute atomic E-state index is 12.5. The van der Waals surface area contributed by atoms with Crippen molar-refractivity contribution < 1.29 is 14.3 Å². The summed E-state index contributed by atoms with van der Waals surface area (Å²) in [5.41, 5.74) is 2.12. The van der Waals surface area contributed by atoms with E-state index in [1.807, 2.05) is 48.5 Å². The van der Waals surface area contributed by atoms with Gasteiger partial charge in [-0.2, -0.15) is 0 Å². The maximum atomic E-state index is 12.5. The van der Waals surface area contributed by atoms with Crippen LogP contribution in [0.2, 0.25) is 0 Å². The quantitative estimate of drug-likeness (QED) is 0.519. The fraction of sp³-hybridized carbons (Fsp3) is 0.0435. The molecule has 1 aromatic heterocycles. The first kappa shape index (κ1) is 17.5. The van der Waals surface area contributed by atoms with E-state index in [0.29, 0.717) is 28.5 Å². The number of benzene rings is 3. The minimum Gasteiger partial charge on any atom is -0.493 e. The van der Waals surface area contributed by atoms with Crippen molar-refractivity contribution in [2.24, 2.45) is 0 Å². The van der Waals surface area contributed by atoms with Crippen LogP contribution in [0.25, 0.3) is 10.9 Å². The fourth-order valence-electron chi connectivity index (χ4n) is 2.86. The third-order valence-electron chi connectivity index (χ3n) is 4.27. The number of hydrogen-bond donors (Lipinski definition) is 1. The first-order valence-electron chi connectivity index (χ1n) is 8.80. The molecule has 0 atom stereocenters. The molecular weight excluding hydrogens is 352 g/mol.